The molecule has 0 bridgehead atoms. The minimum atomic E-state index is 0.285. The molecule has 4 heteroatoms. The highest BCUT2D eigenvalue weighted by atomic mass is 79.9. The number of piperidine rings is 1. The molecule has 0 spiro atoms. The molecular weight excluding hydrogens is 254 g/mol. The highest BCUT2D eigenvalue weighted by molar-refractivity contribution is 9.10. The largest absolute Gasteiger partial charge is 0.354 e. The van der Waals surface area contributed by atoms with Gasteiger partial charge in [0.2, 0.25) is 0 Å². The van der Waals surface area contributed by atoms with Crippen LogP contribution in [0.4, 0.5) is 5.82 Å². The predicted octanol–water partition coefficient (Wildman–Crippen LogP) is 2.08. The van der Waals surface area contributed by atoms with Crippen molar-refractivity contribution in [2.75, 3.05) is 18.0 Å². The van der Waals surface area contributed by atoms with E-state index >= 15 is 0 Å². The van der Waals surface area contributed by atoms with Crippen LogP contribution in [0.1, 0.15) is 18.4 Å². The predicted molar refractivity (Wildman–Crippen MR) is 66.1 cm³/mol. The Morgan fingerprint density at radius 2 is 2.40 bits per heavy atom. The summed E-state index contributed by atoms with van der Waals surface area (Å²) in [6.07, 6.45) is 4.14. The normalized spacial score (nSPS) is 21.8. The van der Waals surface area contributed by atoms with Crippen LogP contribution in [0.3, 0.4) is 0 Å². The SMILES string of the molecule is Cc1ccnc(N2CCCC(N)C2)c1Br. The summed E-state index contributed by atoms with van der Waals surface area (Å²) in [4.78, 5) is 6.69. The van der Waals surface area contributed by atoms with Gasteiger partial charge in [-0.2, -0.15) is 0 Å². The van der Waals surface area contributed by atoms with Crippen molar-refractivity contribution in [3.63, 3.8) is 0 Å². The first-order valence-corrected chi connectivity index (χ1v) is 6.09. The zero-order valence-corrected chi connectivity index (χ0v) is 10.5. The molecule has 15 heavy (non-hydrogen) atoms. The maximum Gasteiger partial charge on any atom is 0.143 e. The standard InChI is InChI=1S/C11H16BrN3/c1-8-4-5-14-11(10(8)12)15-6-2-3-9(13)7-15/h4-5,9H,2-3,6-7,13H2,1H3. The Hall–Kier alpha value is -0.610. The minimum absolute atomic E-state index is 0.285. The molecule has 1 aliphatic rings. The fourth-order valence-electron chi connectivity index (χ4n) is 1.95. The summed E-state index contributed by atoms with van der Waals surface area (Å²) in [5, 5.41) is 0. The number of nitrogens with zero attached hydrogens (tertiary/aromatic N) is 2. The number of hydrogen-bond donors (Lipinski definition) is 1. The lowest BCUT2D eigenvalue weighted by Crippen LogP contribution is -2.43. The van der Waals surface area contributed by atoms with E-state index in [1.54, 1.807) is 0 Å². The van der Waals surface area contributed by atoms with Gasteiger partial charge in [0.1, 0.15) is 5.82 Å². The van der Waals surface area contributed by atoms with Crippen molar-refractivity contribution in [3.8, 4) is 0 Å². The van der Waals surface area contributed by atoms with Gasteiger partial charge in [-0.25, -0.2) is 4.98 Å². The Labute approximate surface area is 98.8 Å². The molecule has 1 unspecified atom stereocenters. The van der Waals surface area contributed by atoms with E-state index < -0.39 is 0 Å². The van der Waals surface area contributed by atoms with Gasteiger partial charge in [-0.15, -0.1) is 0 Å². The van der Waals surface area contributed by atoms with Crippen molar-refractivity contribution < 1.29 is 0 Å². The van der Waals surface area contributed by atoms with E-state index in [1.807, 2.05) is 12.3 Å². The summed E-state index contributed by atoms with van der Waals surface area (Å²) in [6.45, 7) is 4.05. The maximum atomic E-state index is 5.97. The van der Waals surface area contributed by atoms with Gasteiger partial charge in [-0.3, -0.25) is 0 Å². The van der Waals surface area contributed by atoms with Crippen LogP contribution in [0.15, 0.2) is 16.7 Å². The zero-order chi connectivity index (χ0) is 10.8. The van der Waals surface area contributed by atoms with Gasteiger partial charge < -0.3 is 10.6 Å². The van der Waals surface area contributed by atoms with Crippen molar-refractivity contribution in [2.45, 2.75) is 25.8 Å². The van der Waals surface area contributed by atoms with Crippen molar-refractivity contribution in [1.82, 2.24) is 4.98 Å². The Balaban J connectivity index is 2.24. The van der Waals surface area contributed by atoms with Gasteiger partial charge in [0.05, 0.1) is 4.47 Å². The molecule has 1 atom stereocenters. The molecule has 2 rings (SSSR count). The van der Waals surface area contributed by atoms with Crippen LogP contribution in [0.2, 0.25) is 0 Å². The highest BCUT2D eigenvalue weighted by Crippen LogP contribution is 2.28. The highest BCUT2D eigenvalue weighted by Gasteiger charge is 2.19. The Bertz CT molecular complexity index is 354. The molecule has 0 saturated carbocycles. The molecule has 1 aliphatic heterocycles. The van der Waals surface area contributed by atoms with Crippen LogP contribution in [-0.4, -0.2) is 24.1 Å². The van der Waals surface area contributed by atoms with Gasteiger partial charge >= 0.3 is 0 Å². The number of rotatable bonds is 1. The third-order valence-corrected chi connectivity index (χ3v) is 3.80. The molecular formula is C11H16BrN3. The lowest BCUT2D eigenvalue weighted by Gasteiger charge is -2.32. The number of aryl methyl sites for hydroxylation is 1. The molecule has 2 heterocycles. The zero-order valence-electron chi connectivity index (χ0n) is 8.91. The summed E-state index contributed by atoms with van der Waals surface area (Å²) < 4.78 is 1.10. The average molecular weight is 270 g/mol. The number of pyridine rings is 1. The monoisotopic (exact) mass is 269 g/mol. The van der Waals surface area contributed by atoms with Crippen LogP contribution < -0.4 is 10.6 Å². The molecule has 0 aromatic carbocycles. The first kappa shape index (κ1) is 10.9. The van der Waals surface area contributed by atoms with Crippen molar-refractivity contribution in [1.29, 1.82) is 0 Å². The average Bonchev–Trinajstić information content (AvgIpc) is 2.22. The number of anilines is 1. The van der Waals surface area contributed by atoms with Crippen molar-refractivity contribution >= 4 is 21.7 Å². The molecule has 82 valence electrons. The van der Waals surface area contributed by atoms with Crippen LogP contribution in [0.5, 0.6) is 0 Å². The second-order valence-electron chi connectivity index (χ2n) is 4.11. The van der Waals surface area contributed by atoms with E-state index in [2.05, 4.69) is 32.7 Å². The quantitative estimate of drug-likeness (QED) is 0.849. The fraction of sp³-hybridized carbons (Fsp3) is 0.545. The summed E-state index contributed by atoms with van der Waals surface area (Å²) in [6, 6.07) is 2.30. The van der Waals surface area contributed by atoms with Crippen molar-refractivity contribution in [2.24, 2.45) is 5.73 Å². The van der Waals surface area contributed by atoms with E-state index in [0.717, 1.165) is 36.2 Å². The summed E-state index contributed by atoms with van der Waals surface area (Å²) in [5.41, 5.74) is 7.19. The molecule has 1 aromatic rings. The number of aromatic nitrogens is 1. The van der Waals surface area contributed by atoms with E-state index in [-0.39, 0.29) is 6.04 Å². The third-order valence-electron chi connectivity index (χ3n) is 2.82. The number of nitrogens with two attached hydrogens (primary N) is 1. The molecule has 2 N–H and O–H groups in total. The third kappa shape index (κ3) is 2.32. The van der Waals surface area contributed by atoms with Crippen LogP contribution in [-0.2, 0) is 0 Å². The smallest absolute Gasteiger partial charge is 0.143 e. The lowest BCUT2D eigenvalue weighted by atomic mass is 10.1. The first-order valence-electron chi connectivity index (χ1n) is 5.30. The summed E-state index contributed by atoms with van der Waals surface area (Å²) in [5.74, 6) is 1.03. The van der Waals surface area contributed by atoms with Crippen LogP contribution >= 0.6 is 15.9 Å². The second kappa shape index (κ2) is 4.49. The number of halogens is 1. The van der Waals surface area contributed by atoms with Crippen LogP contribution in [0, 0.1) is 6.92 Å². The van der Waals surface area contributed by atoms with Crippen LogP contribution in [0.25, 0.3) is 0 Å². The second-order valence-corrected chi connectivity index (χ2v) is 4.91. The lowest BCUT2D eigenvalue weighted by molar-refractivity contribution is 0.502. The minimum Gasteiger partial charge on any atom is -0.354 e. The molecule has 0 amide bonds. The van der Waals surface area contributed by atoms with Crippen molar-refractivity contribution in [3.05, 3.63) is 22.3 Å². The first-order chi connectivity index (χ1) is 7.18. The van der Waals surface area contributed by atoms with Gasteiger partial charge in [-0.1, -0.05) is 0 Å². The molecule has 3 nitrogen and oxygen atoms in total. The fourth-order valence-corrected chi connectivity index (χ4v) is 2.43. The van der Waals surface area contributed by atoms with Gasteiger partial charge in [0, 0.05) is 25.3 Å². The Morgan fingerprint density at radius 3 is 3.13 bits per heavy atom. The van der Waals surface area contributed by atoms with E-state index in [0.29, 0.717) is 0 Å². The maximum absolute atomic E-state index is 5.97. The molecule has 0 aliphatic carbocycles. The topological polar surface area (TPSA) is 42.2 Å². The van der Waals surface area contributed by atoms with Gasteiger partial charge in [-0.05, 0) is 47.3 Å². The number of hydrogen-bond acceptors (Lipinski definition) is 3. The van der Waals surface area contributed by atoms with E-state index in [9.17, 15) is 0 Å². The van der Waals surface area contributed by atoms with Gasteiger partial charge in [0.25, 0.3) is 0 Å². The molecule has 1 fully saturated rings. The molecule has 1 aromatic heterocycles. The Kier molecular flexibility index (Phi) is 3.26. The van der Waals surface area contributed by atoms with Gasteiger partial charge in [0.15, 0.2) is 0 Å². The molecule has 0 radical (unpaired) electrons. The van der Waals surface area contributed by atoms with E-state index in [4.69, 9.17) is 5.73 Å². The summed E-state index contributed by atoms with van der Waals surface area (Å²) >= 11 is 3.59. The Morgan fingerprint density at radius 1 is 1.60 bits per heavy atom. The van der Waals surface area contributed by atoms with E-state index in [1.165, 1.54) is 5.56 Å². The molecule has 1 saturated heterocycles. The summed E-state index contributed by atoms with van der Waals surface area (Å²) in [7, 11) is 0.